The molecule has 4 nitrogen and oxygen atoms in total. The third kappa shape index (κ3) is 3.66. The molecule has 1 aromatic rings. The normalized spacial score (nSPS) is 27.5. The van der Waals surface area contributed by atoms with Crippen LogP contribution in [0.2, 0.25) is 0 Å². The van der Waals surface area contributed by atoms with E-state index in [1.54, 1.807) is 7.11 Å². The van der Waals surface area contributed by atoms with Crippen molar-refractivity contribution in [3.63, 3.8) is 0 Å². The molecule has 4 heteroatoms. The van der Waals surface area contributed by atoms with E-state index < -0.39 is 5.54 Å². The summed E-state index contributed by atoms with van der Waals surface area (Å²) < 4.78 is 5.61. The van der Waals surface area contributed by atoms with Gasteiger partial charge in [-0.3, -0.25) is 4.90 Å². The Labute approximate surface area is 138 Å². The second-order valence-corrected chi connectivity index (χ2v) is 6.69. The minimum absolute atomic E-state index is 0.164. The van der Waals surface area contributed by atoms with Crippen molar-refractivity contribution in [2.24, 2.45) is 11.5 Å². The molecule has 124 valence electrons. The lowest BCUT2D eigenvalue weighted by atomic mass is 9.82. The van der Waals surface area contributed by atoms with Crippen LogP contribution in [0, 0.1) is 0 Å². The molecule has 23 heavy (non-hydrogen) atoms. The second-order valence-electron chi connectivity index (χ2n) is 6.69. The molecule has 4 N–H and O–H groups in total. The van der Waals surface area contributed by atoms with Gasteiger partial charge in [0, 0.05) is 18.2 Å². The summed E-state index contributed by atoms with van der Waals surface area (Å²) >= 11 is 0. The Morgan fingerprint density at radius 1 is 1.26 bits per heavy atom. The van der Waals surface area contributed by atoms with Crippen LogP contribution in [0.1, 0.15) is 24.0 Å². The van der Waals surface area contributed by atoms with E-state index in [4.69, 9.17) is 16.2 Å². The summed E-state index contributed by atoms with van der Waals surface area (Å²) in [6.45, 7) is 3.32. The van der Waals surface area contributed by atoms with Gasteiger partial charge >= 0.3 is 0 Å². The molecule has 2 aliphatic rings. The van der Waals surface area contributed by atoms with Gasteiger partial charge in [-0.05, 0) is 44.0 Å². The van der Waals surface area contributed by atoms with E-state index in [1.165, 1.54) is 31.5 Å². The number of hydrogen-bond donors (Lipinski definition) is 2. The molecule has 2 atom stereocenters. The van der Waals surface area contributed by atoms with Crippen LogP contribution in [0.3, 0.4) is 0 Å². The van der Waals surface area contributed by atoms with Gasteiger partial charge in [-0.15, -0.1) is 0 Å². The predicted octanol–water partition coefficient (Wildman–Crippen LogP) is 1.98. The molecule has 1 aliphatic heterocycles. The summed E-state index contributed by atoms with van der Waals surface area (Å²) in [5.41, 5.74) is 14.5. The number of ether oxygens (including phenoxy) is 1. The van der Waals surface area contributed by atoms with E-state index >= 15 is 0 Å². The van der Waals surface area contributed by atoms with E-state index in [0.29, 0.717) is 6.42 Å². The number of methoxy groups -OCH3 is 1. The summed E-state index contributed by atoms with van der Waals surface area (Å²) in [6, 6.07) is 6.27. The molecule has 1 fully saturated rings. The van der Waals surface area contributed by atoms with Gasteiger partial charge in [-0.2, -0.15) is 0 Å². The molecule has 1 aliphatic carbocycles. The minimum atomic E-state index is -0.532. The van der Waals surface area contributed by atoms with Crippen LogP contribution in [0.4, 0.5) is 0 Å². The van der Waals surface area contributed by atoms with Crippen LogP contribution < -0.4 is 16.2 Å². The number of nitrogens with two attached hydrogens (primary N) is 2. The van der Waals surface area contributed by atoms with Gasteiger partial charge in [0.2, 0.25) is 0 Å². The molecule has 0 bridgehead atoms. The van der Waals surface area contributed by atoms with Crippen LogP contribution in [-0.4, -0.2) is 36.7 Å². The highest BCUT2D eigenvalue weighted by Crippen LogP contribution is 2.27. The predicted molar refractivity (Wildman–Crippen MR) is 94.4 cm³/mol. The van der Waals surface area contributed by atoms with Gasteiger partial charge in [0.25, 0.3) is 0 Å². The van der Waals surface area contributed by atoms with Crippen LogP contribution >= 0.6 is 0 Å². The van der Waals surface area contributed by atoms with Crippen molar-refractivity contribution >= 4 is 0 Å². The Hall–Kier alpha value is -1.62. The highest BCUT2D eigenvalue weighted by Gasteiger charge is 2.30. The summed E-state index contributed by atoms with van der Waals surface area (Å²) in [4.78, 5) is 2.48. The van der Waals surface area contributed by atoms with E-state index in [1.807, 2.05) is 24.3 Å². The maximum Gasteiger partial charge on any atom is 0.123 e. The van der Waals surface area contributed by atoms with Gasteiger partial charge < -0.3 is 16.2 Å². The quantitative estimate of drug-likeness (QED) is 0.872. The Kier molecular flexibility index (Phi) is 4.85. The van der Waals surface area contributed by atoms with E-state index in [2.05, 4.69) is 23.1 Å². The first-order valence-corrected chi connectivity index (χ1v) is 8.39. The third-order valence-corrected chi connectivity index (χ3v) is 4.91. The molecule has 0 radical (unpaired) electrons. The maximum absolute atomic E-state index is 6.48. The molecule has 0 saturated carbocycles. The van der Waals surface area contributed by atoms with Crippen molar-refractivity contribution in [2.45, 2.75) is 37.4 Å². The lowest BCUT2D eigenvalue weighted by Crippen LogP contribution is -2.55. The molecule has 1 heterocycles. The molecule has 0 spiro atoms. The lowest BCUT2D eigenvalue weighted by molar-refractivity contribution is 0.320. The van der Waals surface area contributed by atoms with Crippen molar-refractivity contribution in [1.29, 1.82) is 0 Å². The van der Waals surface area contributed by atoms with E-state index in [-0.39, 0.29) is 6.04 Å². The van der Waals surface area contributed by atoms with Crippen LogP contribution in [0.25, 0.3) is 0 Å². The number of allylic oxidation sites excluding steroid dienone is 2. The summed E-state index contributed by atoms with van der Waals surface area (Å²) in [6.07, 6.45) is 11.2. The largest absolute Gasteiger partial charge is 0.496 e. The molecule has 1 aromatic carbocycles. The molecular formula is C19H27N3O. The average molecular weight is 313 g/mol. The molecule has 0 aromatic heterocycles. The number of hydrogen-bond acceptors (Lipinski definition) is 4. The molecule has 3 rings (SSSR count). The number of nitrogens with zero attached hydrogens (tertiary/aromatic N) is 1. The molecule has 0 amide bonds. The first kappa shape index (κ1) is 16.2. The van der Waals surface area contributed by atoms with E-state index in [9.17, 15) is 0 Å². The number of benzene rings is 1. The minimum Gasteiger partial charge on any atom is -0.496 e. The Morgan fingerprint density at radius 3 is 2.74 bits per heavy atom. The number of rotatable bonds is 5. The fourth-order valence-electron chi connectivity index (χ4n) is 3.45. The second kappa shape index (κ2) is 6.87. The fraction of sp³-hybridized carbons (Fsp3) is 0.474. The monoisotopic (exact) mass is 313 g/mol. The van der Waals surface area contributed by atoms with Gasteiger partial charge in [0.05, 0.1) is 12.6 Å². The number of likely N-dealkylation sites (tertiary alicyclic amines) is 1. The fourth-order valence-corrected chi connectivity index (χ4v) is 3.45. The summed E-state index contributed by atoms with van der Waals surface area (Å²) in [5, 5.41) is 0. The van der Waals surface area contributed by atoms with Gasteiger partial charge in [-0.25, -0.2) is 0 Å². The first-order valence-electron chi connectivity index (χ1n) is 8.39. The summed E-state index contributed by atoms with van der Waals surface area (Å²) in [5.74, 6) is 0.946. The third-order valence-electron chi connectivity index (χ3n) is 4.91. The van der Waals surface area contributed by atoms with Crippen molar-refractivity contribution in [2.75, 3.05) is 20.2 Å². The molecular weight excluding hydrogens is 286 g/mol. The smallest absolute Gasteiger partial charge is 0.123 e. The molecule has 1 saturated heterocycles. The topological polar surface area (TPSA) is 64.5 Å². The van der Waals surface area contributed by atoms with Gasteiger partial charge in [0.1, 0.15) is 5.75 Å². The highest BCUT2D eigenvalue weighted by molar-refractivity contribution is 5.40. The van der Waals surface area contributed by atoms with Crippen LogP contribution in [0.5, 0.6) is 5.75 Å². The van der Waals surface area contributed by atoms with Crippen molar-refractivity contribution in [3.05, 3.63) is 53.6 Å². The average Bonchev–Trinajstić information content (AvgIpc) is 3.05. The molecule has 2 unspecified atom stereocenters. The Morgan fingerprint density at radius 2 is 2.04 bits per heavy atom. The van der Waals surface area contributed by atoms with Gasteiger partial charge in [-0.1, -0.05) is 36.4 Å². The zero-order valence-electron chi connectivity index (χ0n) is 13.9. The van der Waals surface area contributed by atoms with Crippen molar-refractivity contribution in [3.8, 4) is 5.75 Å². The Balaban J connectivity index is 1.76. The van der Waals surface area contributed by atoms with E-state index in [0.717, 1.165) is 17.9 Å². The van der Waals surface area contributed by atoms with Gasteiger partial charge in [0.15, 0.2) is 0 Å². The van der Waals surface area contributed by atoms with Crippen LogP contribution in [-0.2, 0) is 13.0 Å². The van der Waals surface area contributed by atoms with Crippen LogP contribution in [0.15, 0.2) is 42.5 Å². The van der Waals surface area contributed by atoms with Crippen molar-refractivity contribution in [1.82, 2.24) is 4.90 Å². The van der Waals surface area contributed by atoms with Crippen molar-refractivity contribution < 1.29 is 4.74 Å². The highest BCUT2D eigenvalue weighted by atomic mass is 16.5. The zero-order chi connectivity index (χ0) is 16.3. The SMILES string of the molecule is COc1cc(CC2(N)C=CC=CC2N)ccc1CN1CCCC1. The standard InChI is InChI=1S/C19H27N3O/c1-23-17-12-15(13-19(21)9-3-2-6-18(19)20)7-8-16(17)14-22-10-4-5-11-22/h2-3,6-9,12,18H,4-5,10-11,13-14,20-21H2,1H3. The summed E-state index contributed by atoms with van der Waals surface area (Å²) in [7, 11) is 1.74. The first-order chi connectivity index (χ1) is 11.1. The Bertz CT molecular complexity index is 605. The lowest BCUT2D eigenvalue weighted by Gasteiger charge is -2.33. The maximum atomic E-state index is 6.48. The zero-order valence-corrected chi connectivity index (χ0v) is 13.9.